The summed E-state index contributed by atoms with van der Waals surface area (Å²) in [6, 6.07) is 8.42. The molecule has 2 heterocycles. The zero-order chi connectivity index (χ0) is 15.0. The summed E-state index contributed by atoms with van der Waals surface area (Å²) in [5.74, 6) is 0.333. The summed E-state index contributed by atoms with van der Waals surface area (Å²) in [4.78, 5) is 10.3. The van der Waals surface area contributed by atoms with Crippen LogP contribution in [0.1, 0.15) is 30.3 Å². The Labute approximate surface area is 129 Å². The molecule has 2 aromatic rings. The number of aliphatic hydroxyl groups excluding tert-OH is 1. The molecule has 1 aromatic heterocycles. The molecule has 1 N–H and O–H groups in total. The van der Waals surface area contributed by atoms with Gasteiger partial charge in [-0.15, -0.1) is 0 Å². The average Bonchev–Trinajstić information content (AvgIpc) is 2.92. The second-order valence-corrected chi connectivity index (χ2v) is 6.74. The number of hydrogen-bond acceptors (Lipinski definition) is 5. The molecule has 0 saturated carbocycles. The van der Waals surface area contributed by atoms with Crippen molar-refractivity contribution < 1.29 is 5.11 Å². The third-order valence-electron chi connectivity index (χ3n) is 3.88. The van der Waals surface area contributed by atoms with E-state index in [0.29, 0.717) is 5.92 Å². The van der Waals surface area contributed by atoms with Gasteiger partial charge in [-0.3, -0.25) is 0 Å². The van der Waals surface area contributed by atoms with Crippen molar-refractivity contribution in [1.29, 1.82) is 0 Å². The number of likely N-dealkylation sites (N-methyl/N-ethyl adjacent to an activating group) is 1. The SMILES string of the molecule is CC(C)c1nc(N2CCN(C)c3ccccc32)sc1CO. The molecule has 0 spiro atoms. The van der Waals surface area contributed by atoms with Gasteiger partial charge in [0.05, 0.1) is 28.6 Å². The molecule has 0 radical (unpaired) electrons. The second-order valence-electron chi connectivity index (χ2n) is 5.68. The smallest absolute Gasteiger partial charge is 0.190 e. The van der Waals surface area contributed by atoms with Gasteiger partial charge >= 0.3 is 0 Å². The molecule has 0 atom stereocenters. The first kappa shape index (κ1) is 14.4. The Morgan fingerprint density at radius 1 is 1.24 bits per heavy atom. The van der Waals surface area contributed by atoms with Crippen molar-refractivity contribution in [1.82, 2.24) is 4.98 Å². The first-order valence-electron chi connectivity index (χ1n) is 7.30. The van der Waals surface area contributed by atoms with E-state index in [2.05, 4.69) is 55.0 Å². The highest BCUT2D eigenvalue weighted by atomic mass is 32.1. The van der Waals surface area contributed by atoms with Crippen LogP contribution in [-0.2, 0) is 6.61 Å². The van der Waals surface area contributed by atoms with Crippen LogP contribution in [0.15, 0.2) is 24.3 Å². The number of benzene rings is 1. The van der Waals surface area contributed by atoms with Gasteiger partial charge in [0.2, 0.25) is 0 Å². The van der Waals surface area contributed by atoms with Crippen LogP contribution in [0.5, 0.6) is 0 Å². The Kier molecular flexibility index (Phi) is 3.87. The van der Waals surface area contributed by atoms with Gasteiger partial charge in [-0.05, 0) is 18.1 Å². The Morgan fingerprint density at radius 3 is 2.57 bits per heavy atom. The second kappa shape index (κ2) is 5.66. The molecular weight excluding hydrogens is 282 g/mol. The predicted octanol–water partition coefficient (Wildman–Crippen LogP) is 3.35. The molecule has 4 nitrogen and oxygen atoms in total. The lowest BCUT2D eigenvalue weighted by Crippen LogP contribution is -2.36. The third-order valence-corrected chi connectivity index (χ3v) is 4.96. The predicted molar refractivity (Wildman–Crippen MR) is 88.8 cm³/mol. The molecule has 112 valence electrons. The van der Waals surface area contributed by atoms with Gasteiger partial charge in [0.1, 0.15) is 0 Å². The van der Waals surface area contributed by atoms with Gasteiger partial charge in [-0.25, -0.2) is 4.98 Å². The van der Waals surface area contributed by atoms with E-state index in [4.69, 9.17) is 4.98 Å². The number of anilines is 3. The van der Waals surface area contributed by atoms with E-state index in [1.54, 1.807) is 11.3 Å². The largest absolute Gasteiger partial charge is 0.391 e. The van der Waals surface area contributed by atoms with Gasteiger partial charge in [0.25, 0.3) is 0 Å². The maximum absolute atomic E-state index is 9.56. The molecule has 1 aliphatic rings. The summed E-state index contributed by atoms with van der Waals surface area (Å²) in [7, 11) is 2.12. The Morgan fingerprint density at radius 2 is 1.95 bits per heavy atom. The minimum atomic E-state index is 0.0700. The topological polar surface area (TPSA) is 39.6 Å². The lowest BCUT2D eigenvalue weighted by molar-refractivity contribution is 0.283. The van der Waals surface area contributed by atoms with Crippen molar-refractivity contribution >= 4 is 27.8 Å². The molecule has 0 unspecified atom stereocenters. The molecule has 0 aliphatic carbocycles. The third kappa shape index (κ3) is 2.51. The van der Waals surface area contributed by atoms with Gasteiger partial charge in [-0.2, -0.15) is 0 Å². The van der Waals surface area contributed by atoms with Crippen molar-refractivity contribution in [3.8, 4) is 0 Å². The number of aromatic nitrogens is 1. The fourth-order valence-corrected chi connectivity index (χ4v) is 3.85. The number of fused-ring (bicyclic) bond motifs is 1. The summed E-state index contributed by atoms with van der Waals surface area (Å²) >= 11 is 1.61. The van der Waals surface area contributed by atoms with E-state index in [1.807, 2.05) is 0 Å². The molecule has 0 amide bonds. The quantitative estimate of drug-likeness (QED) is 0.944. The normalized spacial score (nSPS) is 14.7. The van der Waals surface area contributed by atoms with Gasteiger partial charge < -0.3 is 14.9 Å². The van der Waals surface area contributed by atoms with Crippen LogP contribution in [0.2, 0.25) is 0 Å². The van der Waals surface area contributed by atoms with Crippen molar-refractivity contribution in [2.45, 2.75) is 26.4 Å². The molecule has 5 heteroatoms. The number of hydrogen-bond donors (Lipinski definition) is 1. The van der Waals surface area contributed by atoms with E-state index < -0.39 is 0 Å². The molecule has 1 aromatic carbocycles. The first-order valence-corrected chi connectivity index (χ1v) is 8.11. The summed E-state index contributed by atoms with van der Waals surface area (Å²) in [6.45, 7) is 6.21. The Balaban J connectivity index is 2.04. The van der Waals surface area contributed by atoms with Gasteiger partial charge in [0, 0.05) is 20.1 Å². The zero-order valence-electron chi connectivity index (χ0n) is 12.7. The van der Waals surface area contributed by atoms with Gasteiger partial charge in [-0.1, -0.05) is 37.3 Å². The van der Waals surface area contributed by atoms with Crippen molar-refractivity contribution in [3.63, 3.8) is 0 Å². The van der Waals surface area contributed by atoms with Crippen LogP contribution in [0.25, 0.3) is 0 Å². The summed E-state index contributed by atoms with van der Waals surface area (Å²) < 4.78 is 0. The van der Waals surface area contributed by atoms with E-state index in [-0.39, 0.29) is 6.61 Å². The molecule has 0 fully saturated rings. The number of aliphatic hydroxyl groups is 1. The maximum atomic E-state index is 9.56. The van der Waals surface area contributed by atoms with Crippen molar-refractivity contribution in [3.05, 3.63) is 34.8 Å². The highest BCUT2D eigenvalue weighted by Gasteiger charge is 2.25. The molecular formula is C16H21N3OS. The fraction of sp³-hybridized carbons (Fsp3) is 0.438. The number of para-hydroxylation sites is 2. The van der Waals surface area contributed by atoms with Gasteiger partial charge in [0.15, 0.2) is 5.13 Å². The molecule has 0 bridgehead atoms. The number of thiazole rings is 1. The molecule has 21 heavy (non-hydrogen) atoms. The van der Waals surface area contributed by atoms with E-state index in [1.165, 1.54) is 11.4 Å². The van der Waals surface area contributed by atoms with Crippen LogP contribution < -0.4 is 9.80 Å². The lowest BCUT2D eigenvalue weighted by atomic mass is 10.1. The van der Waals surface area contributed by atoms with Crippen LogP contribution in [0.3, 0.4) is 0 Å². The first-order chi connectivity index (χ1) is 10.1. The monoisotopic (exact) mass is 303 g/mol. The zero-order valence-corrected chi connectivity index (χ0v) is 13.5. The van der Waals surface area contributed by atoms with E-state index >= 15 is 0 Å². The van der Waals surface area contributed by atoms with Crippen LogP contribution >= 0.6 is 11.3 Å². The summed E-state index contributed by atoms with van der Waals surface area (Å²) in [5.41, 5.74) is 3.45. The van der Waals surface area contributed by atoms with Crippen LogP contribution in [0, 0.1) is 0 Å². The van der Waals surface area contributed by atoms with Crippen LogP contribution in [-0.4, -0.2) is 30.2 Å². The Hall–Kier alpha value is -1.59. The average molecular weight is 303 g/mol. The highest BCUT2D eigenvalue weighted by Crippen LogP contribution is 2.40. The number of nitrogens with zero attached hydrogens (tertiary/aromatic N) is 3. The maximum Gasteiger partial charge on any atom is 0.190 e. The van der Waals surface area contributed by atoms with Crippen molar-refractivity contribution in [2.75, 3.05) is 29.9 Å². The molecule has 1 aliphatic heterocycles. The van der Waals surface area contributed by atoms with Crippen molar-refractivity contribution in [2.24, 2.45) is 0 Å². The minimum Gasteiger partial charge on any atom is -0.391 e. The minimum absolute atomic E-state index is 0.0700. The highest BCUT2D eigenvalue weighted by molar-refractivity contribution is 7.15. The molecule has 3 rings (SSSR count). The fourth-order valence-electron chi connectivity index (χ4n) is 2.74. The summed E-state index contributed by atoms with van der Waals surface area (Å²) in [5, 5.41) is 10.5. The van der Waals surface area contributed by atoms with Crippen LogP contribution in [0.4, 0.5) is 16.5 Å². The lowest BCUT2D eigenvalue weighted by Gasteiger charge is -2.35. The standard InChI is InChI=1S/C16H21N3OS/c1-11(2)15-14(10-20)21-16(17-15)19-9-8-18(3)12-6-4-5-7-13(12)19/h4-7,11,20H,8-10H2,1-3H3. The van der Waals surface area contributed by atoms with E-state index in [0.717, 1.165) is 28.8 Å². The number of rotatable bonds is 3. The molecule has 0 saturated heterocycles. The van der Waals surface area contributed by atoms with E-state index in [9.17, 15) is 5.11 Å². The Bertz CT molecular complexity index is 638. The summed E-state index contributed by atoms with van der Waals surface area (Å²) in [6.07, 6.45) is 0.